The largest absolute Gasteiger partial charge is 0.390 e. The third kappa shape index (κ3) is 3.86. The van der Waals surface area contributed by atoms with Crippen LogP contribution in [-0.2, 0) is 21.2 Å². The summed E-state index contributed by atoms with van der Waals surface area (Å²) in [5.74, 6) is 0.0777. The van der Waals surface area contributed by atoms with Crippen LogP contribution in [0.3, 0.4) is 0 Å². The van der Waals surface area contributed by atoms with Gasteiger partial charge in [0.05, 0.1) is 24.2 Å². The number of carbonyl (C=O) groups is 1. The molecule has 4 aliphatic rings. The number of amidine groups is 1. The monoisotopic (exact) mass is 523 g/mol. The molecule has 3 unspecified atom stereocenters. The highest BCUT2D eigenvalue weighted by atomic mass is 32.2. The lowest BCUT2D eigenvalue weighted by atomic mass is 9.80. The van der Waals surface area contributed by atoms with Crippen LogP contribution in [0.15, 0.2) is 29.4 Å². The maximum atomic E-state index is 13.0. The van der Waals surface area contributed by atoms with Crippen molar-refractivity contribution in [2.24, 2.45) is 5.92 Å². The molecule has 0 radical (unpaired) electrons. The number of amides is 1. The number of piperidine rings is 1. The van der Waals surface area contributed by atoms with Crippen molar-refractivity contribution in [3.8, 4) is 11.1 Å². The predicted octanol–water partition coefficient (Wildman–Crippen LogP) is -0.149. The number of hydrogen-bond donors (Lipinski definition) is 3. The van der Waals surface area contributed by atoms with Crippen molar-refractivity contribution in [1.82, 2.24) is 34.5 Å². The Hall–Kier alpha value is -3.80. The van der Waals surface area contributed by atoms with Gasteiger partial charge in [-0.2, -0.15) is 9.61 Å². The van der Waals surface area contributed by atoms with Crippen LogP contribution in [0.1, 0.15) is 43.0 Å². The lowest BCUT2D eigenvalue weighted by Crippen LogP contribution is -2.55. The first kappa shape index (κ1) is 23.6. The number of nitrogens with two attached hydrogens (primary N) is 1. The van der Waals surface area contributed by atoms with Crippen molar-refractivity contribution >= 4 is 39.4 Å². The van der Waals surface area contributed by atoms with E-state index in [4.69, 9.17) is 10.7 Å². The van der Waals surface area contributed by atoms with Gasteiger partial charge in [0, 0.05) is 42.1 Å². The van der Waals surface area contributed by atoms with Crippen LogP contribution in [0.25, 0.3) is 16.8 Å². The summed E-state index contributed by atoms with van der Waals surface area (Å²) < 4.78 is 31.4. The standard InChI is InChI=1S/C24H26N8O4S/c1-37(35,36)20-19(17-7-16-4-2-3-14(17)10-31(16)24(34)22-27-12-28-22)30-23-18(9-29-32(23)21(20)25)13-5-6-15(11-33)26-8-13/h5-6,8-9,12,14,16-17,33H,2-4,7,10-11H2,1H3,(H2,25,29,30)/p+1. The van der Waals surface area contributed by atoms with Gasteiger partial charge < -0.3 is 15.7 Å². The number of carbonyl (C=O) groups excluding carboxylic acids is 1. The van der Waals surface area contributed by atoms with E-state index < -0.39 is 9.84 Å². The van der Waals surface area contributed by atoms with E-state index in [2.05, 4.69) is 20.1 Å². The highest BCUT2D eigenvalue weighted by molar-refractivity contribution is 7.91. The van der Waals surface area contributed by atoms with E-state index in [9.17, 15) is 18.3 Å². The number of aliphatic hydroxyl groups is 1. The van der Waals surface area contributed by atoms with E-state index in [0.29, 0.717) is 41.4 Å². The summed E-state index contributed by atoms with van der Waals surface area (Å²) in [6, 6.07) is 3.47. The number of fused-ring (bicyclic) bond motifs is 5. The molecule has 1 saturated carbocycles. The first-order valence-electron chi connectivity index (χ1n) is 12.2. The minimum Gasteiger partial charge on any atom is -0.390 e. The molecule has 192 valence electrons. The van der Waals surface area contributed by atoms with Crippen molar-refractivity contribution in [3.05, 3.63) is 35.9 Å². The predicted molar refractivity (Wildman–Crippen MR) is 136 cm³/mol. The van der Waals surface area contributed by atoms with E-state index in [-0.39, 0.29) is 41.1 Å². The second kappa shape index (κ2) is 8.65. The maximum Gasteiger partial charge on any atom is 0.381 e. The first-order valence-corrected chi connectivity index (χ1v) is 14.1. The minimum atomic E-state index is -3.74. The maximum absolute atomic E-state index is 13.0. The number of hydrogen-bond acceptors (Lipinski definition) is 9. The molecule has 2 saturated heterocycles. The topological polar surface area (TPSA) is 170 Å². The van der Waals surface area contributed by atoms with Gasteiger partial charge in [-0.15, -0.1) is 0 Å². The van der Waals surface area contributed by atoms with E-state index in [0.717, 1.165) is 31.1 Å². The third-order valence-electron chi connectivity index (χ3n) is 7.62. The molecule has 3 aromatic rings. The molecule has 3 atom stereocenters. The Morgan fingerprint density at radius 1 is 1.30 bits per heavy atom. The summed E-state index contributed by atoms with van der Waals surface area (Å²) in [6.45, 7) is 0.330. The molecular weight excluding hydrogens is 496 g/mol. The smallest absolute Gasteiger partial charge is 0.381 e. The van der Waals surface area contributed by atoms with Crippen LogP contribution in [0.5, 0.6) is 0 Å². The number of aromatic nitrogens is 4. The van der Waals surface area contributed by atoms with E-state index in [1.165, 1.54) is 10.9 Å². The average molecular weight is 524 g/mol. The molecule has 2 bridgehead atoms. The Morgan fingerprint density at radius 3 is 2.76 bits per heavy atom. The third-order valence-corrected chi connectivity index (χ3v) is 8.78. The molecule has 4 N–H and O–H groups in total. The number of anilines is 1. The van der Waals surface area contributed by atoms with Crippen LogP contribution < -0.4 is 15.7 Å². The fraction of sp³-hybridized carbons (Fsp3) is 0.417. The number of nitrogens with one attached hydrogen (secondary N) is 1. The molecule has 0 aromatic carbocycles. The summed E-state index contributed by atoms with van der Waals surface area (Å²) >= 11 is 0. The van der Waals surface area contributed by atoms with Crippen LogP contribution in [0.2, 0.25) is 0 Å². The number of rotatable bonds is 5. The molecule has 7 rings (SSSR count). The molecule has 3 aliphatic heterocycles. The Labute approximate surface area is 212 Å². The molecule has 3 fully saturated rings. The summed E-state index contributed by atoms with van der Waals surface area (Å²) in [6.07, 6.45) is 9.06. The Bertz CT molecular complexity index is 1590. The molecule has 13 heteroatoms. The normalized spacial score (nSPS) is 22.9. The second-order valence-corrected chi connectivity index (χ2v) is 11.8. The molecule has 1 amide bonds. The number of nitrogen functional groups attached to an aromatic ring is 1. The van der Waals surface area contributed by atoms with E-state index in [1.54, 1.807) is 18.5 Å². The van der Waals surface area contributed by atoms with Crippen molar-refractivity contribution in [3.63, 3.8) is 0 Å². The van der Waals surface area contributed by atoms with Gasteiger partial charge in [-0.3, -0.25) is 9.78 Å². The van der Waals surface area contributed by atoms with Gasteiger partial charge >= 0.3 is 11.7 Å². The Morgan fingerprint density at radius 2 is 2.11 bits per heavy atom. The Balaban J connectivity index is 1.47. The summed E-state index contributed by atoms with van der Waals surface area (Å²) in [4.78, 5) is 24.0. The van der Waals surface area contributed by atoms with Crippen LogP contribution >= 0.6 is 0 Å². The number of sulfone groups is 1. The fourth-order valence-corrected chi connectivity index (χ4v) is 6.86. The number of pyridine rings is 1. The summed E-state index contributed by atoms with van der Waals surface area (Å²) in [5.41, 5.74) is 9.26. The van der Waals surface area contributed by atoms with Crippen molar-refractivity contribution < 1.29 is 18.3 Å². The lowest BCUT2D eigenvalue weighted by Gasteiger charge is -2.41. The fourth-order valence-electron chi connectivity index (χ4n) is 5.82. The zero-order valence-electron chi connectivity index (χ0n) is 20.2. The van der Waals surface area contributed by atoms with Crippen molar-refractivity contribution in [2.75, 3.05) is 18.5 Å². The zero-order chi connectivity index (χ0) is 25.9. The van der Waals surface area contributed by atoms with E-state index >= 15 is 0 Å². The highest BCUT2D eigenvalue weighted by Crippen LogP contribution is 2.45. The quantitative estimate of drug-likeness (QED) is 0.385. The van der Waals surface area contributed by atoms with Gasteiger partial charge in [0.1, 0.15) is 10.7 Å². The molecule has 1 aliphatic carbocycles. The molecule has 0 spiro atoms. The first-order chi connectivity index (χ1) is 17.8. The van der Waals surface area contributed by atoms with Gasteiger partial charge in [0.2, 0.25) is 0 Å². The van der Waals surface area contributed by atoms with E-state index in [1.807, 2.05) is 11.0 Å². The second-order valence-electron chi connectivity index (χ2n) is 9.87. The minimum absolute atomic E-state index is 0.00142. The molecule has 6 heterocycles. The van der Waals surface area contributed by atoms with Gasteiger partial charge in [0.25, 0.3) is 6.34 Å². The van der Waals surface area contributed by atoms with Gasteiger partial charge in [-0.1, -0.05) is 12.5 Å². The van der Waals surface area contributed by atoms with Crippen LogP contribution in [0.4, 0.5) is 5.82 Å². The lowest BCUT2D eigenvalue weighted by molar-refractivity contribution is -0.128. The van der Waals surface area contributed by atoms with Gasteiger partial charge in [0.15, 0.2) is 15.5 Å². The molecule has 3 aromatic heterocycles. The zero-order valence-corrected chi connectivity index (χ0v) is 21.0. The molecular formula is C24H27N8O4S+. The Kier molecular flexibility index (Phi) is 5.51. The molecule has 37 heavy (non-hydrogen) atoms. The van der Waals surface area contributed by atoms with Crippen molar-refractivity contribution in [1.29, 1.82) is 0 Å². The summed E-state index contributed by atoms with van der Waals surface area (Å²) in [7, 11) is -3.74. The summed E-state index contributed by atoms with van der Waals surface area (Å²) in [5, 5.41) is 16.5. The highest BCUT2D eigenvalue weighted by Gasteiger charge is 2.45. The molecule has 12 nitrogen and oxygen atoms in total. The van der Waals surface area contributed by atoms with Crippen LogP contribution in [0, 0.1) is 5.92 Å². The van der Waals surface area contributed by atoms with Gasteiger partial charge in [-0.25, -0.2) is 23.4 Å². The number of nitrogens with zero attached hydrogens (tertiary/aromatic N) is 6. The van der Waals surface area contributed by atoms with Crippen molar-refractivity contribution in [2.45, 2.75) is 49.1 Å². The van der Waals surface area contributed by atoms with Crippen LogP contribution in [-0.4, -0.2) is 74.9 Å². The number of aliphatic hydroxyl groups excluding tert-OH is 1. The SMILES string of the molecule is CS(=O)(=O)c1c(C2CC3CCCC2CN3C(=O)C2=[N+]=CN2)nc2c(-c3ccc(CO)nc3)cnn2c1N. The average Bonchev–Trinajstić information content (AvgIpc) is 3.02. The van der Waals surface area contributed by atoms with Gasteiger partial charge in [-0.05, 0) is 31.2 Å².